The van der Waals surface area contributed by atoms with E-state index < -0.39 is 0 Å². The summed E-state index contributed by atoms with van der Waals surface area (Å²) >= 11 is 5.81. The van der Waals surface area contributed by atoms with E-state index >= 15 is 0 Å². The maximum absolute atomic E-state index is 5.83. The minimum Gasteiger partial charge on any atom is -0.328 e. The molecule has 3 atom stereocenters. The molecule has 0 heterocycles. The van der Waals surface area contributed by atoms with E-state index in [4.69, 9.17) is 17.3 Å². The molecule has 0 radical (unpaired) electrons. The minimum absolute atomic E-state index is 0.320. The van der Waals surface area contributed by atoms with E-state index in [9.17, 15) is 0 Å². The number of hydrogen-bond acceptors (Lipinski definition) is 1. The second kappa shape index (κ2) is 3.32. The van der Waals surface area contributed by atoms with Crippen molar-refractivity contribution in [1.82, 2.24) is 0 Å². The average molecular weight is 196 g/mol. The Kier molecular flexibility index (Phi) is 2.31. The Labute approximate surface area is 83.9 Å². The van der Waals surface area contributed by atoms with Crippen LogP contribution in [0, 0.1) is 5.92 Å². The molecule has 1 nitrogen and oxygen atoms in total. The van der Waals surface area contributed by atoms with Crippen LogP contribution in [0.4, 0.5) is 0 Å². The smallest absolute Gasteiger partial charge is 0.0406 e. The van der Waals surface area contributed by atoms with Gasteiger partial charge in [0.15, 0.2) is 0 Å². The van der Waals surface area contributed by atoms with Crippen LogP contribution >= 0.6 is 11.6 Å². The molecule has 1 aromatic rings. The van der Waals surface area contributed by atoms with Crippen molar-refractivity contribution in [2.75, 3.05) is 0 Å². The molecule has 0 aromatic heterocycles. The first-order valence-corrected chi connectivity index (χ1v) is 5.07. The van der Waals surface area contributed by atoms with Gasteiger partial charge >= 0.3 is 0 Å². The first-order valence-electron chi connectivity index (χ1n) is 4.69. The SMILES string of the molecule is C[C@H](N)[C@H]1C[C@@H]1c1ccc(Cl)cc1. The quantitative estimate of drug-likeness (QED) is 0.772. The van der Waals surface area contributed by atoms with Crippen LogP contribution in [0.2, 0.25) is 5.02 Å². The molecule has 0 spiro atoms. The van der Waals surface area contributed by atoms with E-state index in [0.717, 1.165) is 5.02 Å². The van der Waals surface area contributed by atoms with Gasteiger partial charge in [0.2, 0.25) is 0 Å². The topological polar surface area (TPSA) is 26.0 Å². The van der Waals surface area contributed by atoms with Crippen molar-refractivity contribution < 1.29 is 0 Å². The first kappa shape index (κ1) is 9.04. The van der Waals surface area contributed by atoms with Crippen LogP contribution in [0.5, 0.6) is 0 Å². The molecule has 0 amide bonds. The zero-order valence-electron chi connectivity index (χ0n) is 7.70. The third-order valence-electron chi connectivity index (χ3n) is 2.81. The molecule has 13 heavy (non-hydrogen) atoms. The number of halogens is 1. The molecule has 0 aliphatic heterocycles. The Morgan fingerprint density at radius 1 is 1.38 bits per heavy atom. The molecule has 1 saturated carbocycles. The summed E-state index contributed by atoms with van der Waals surface area (Å²) < 4.78 is 0. The number of nitrogens with two attached hydrogens (primary N) is 1. The normalized spacial score (nSPS) is 28.5. The van der Waals surface area contributed by atoms with Gasteiger partial charge in [0.1, 0.15) is 0 Å². The average Bonchev–Trinajstić information content (AvgIpc) is 2.85. The third kappa shape index (κ3) is 1.87. The lowest BCUT2D eigenvalue weighted by atomic mass is 10.1. The summed E-state index contributed by atoms with van der Waals surface area (Å²) in [6.45, 7) is 2.08. The van der Waals surface area contributed by atoms with Crippen LogP contribution < -0.4 is 5.73 Å². The Morgan fingerprint density at radius 3 is 2.46 bits per heavy atom. The van der Waals surface area contributed by atoms with Gasteiger partial charge in [0, 0.05) is 11.1 Å². The summed E-state index contributed by atoms with van der Waals surface area (Å²) in [6, 6.07) is 8.44. The van der Waals surface area contributed by atoms with E-state index in [-0.39, 0.29) is 0 Å². The minimum atomic E-state index is 0.320. The highest BCUT2D eigenvalue weighted by atomic mass is 35.5. The highest BCUT2D eigenvalue weighted by molar-refractivity contribution is 6.30. The predicted octanol–water partition coefficient (Wildman–Crippen LogP) is 2.79. The summed E-state index contributed by atoms with van der Waals surface area (Å²) in [4.78, 5) is 0. The van der Waals surface area contributed by atoms with Crippen molar-refractivity contribution >= 4 is 11.6 Å². The van der Waals surface area contributed by atoms with Crippen LogP contribution in [0.1, 0.15) is 24.8 Å². The second-order valence-corrected chi connectivity index (χ2v) is 4.35. The van der Waals surface area contributed by atoms with Crippen LogP contribution in [0.15, 0.2) is 24.3 Å². The van der Waals surface area contributed by atoms with Gasteiger partial charge in [0.05, 0.1) is 0 Å². The van der Waals surface area contributed by atoms with Gasteiger partial charge in [-0.25, -0.2) is 0 Å². The molecule has 0 bridgehead atoms. The van der Waals surface area contributed by atoms with Gasteiger partial charge in [-0.2, -0.15) is 0 Å². The first-order chi connectivity index (χ1) is 6.18. The molecule has 2 heteroatoms. The predicted molar refractivity (Wildman–Crippen MR) is 55.9 cm³/mol. The lowest BCUT2D eigenvalue weighted by Crippen LogP contribution is -2.17. The molecule has 1 aliphatic rings. The number of rotatable bonds is 2. The molecular weight excluding hydrogens is 182 g/mol. The molecule has 70 valence electrons. The highest BCUT2D eigenvalue weighted by Gasteiger charge is 2.40. The van der Waals surface area contributed by atoms with Crippen molar-refractivity contribution in [3.05, 3.63) is 34.9 Å². The Morgan fingerprint density at radius 2 is 2.00 bits per heavy atom. The maximum Gasteiger partial charge on any atom is 0.0406 e. The zero-order valence-corrected chi connectivity index (χ0v) is 8.46. The highest BCUT2D eigenvalue weighted by Crippen LogP contribution is 2.48. The van der Waals surface area contributed by atoms with Crippen molar-refractivity contribution in [3.63, 3.8) is 0 Å². The summed E-state index contributed by atoms with van der Waals surface area (Å²) in [5.74, 6) is 1.36. The van der Waals surface area contributed by atoms with Crippen LogP contribution in [0.3, 0.4) is 0 Å². The molecule has 1 aliphatic carbocycles. The van der Waals surface area contributed by atoms with Crippen molar-refractivity contribution in [2.45, 2.75) is 25.3 Å². The standard InChI is InChI=1S/C11H14ClN/c1-7(13)10-6-11(10)8-2-4-9(12)5-3-8/h2-5,7,10-11H,6,13H2,1H3/t7-,10+,11+/m0/s1. The van der Waals surface area contributed by atoms with Crippen LogP contribution in [-0.4, -0.2) is 6.04 Å². The number of hydrogen-bond donors (Lipinski definition) is 1. The number of benzene rings is 1. The molecule has 1 aromatic carbocycles. The largest absolute Gasteiger partial charge is 0.328 e. The Hall–Kier alpha value is -0.530. The van der Waals surface area contributed by atoms with Crippen LogP contribution in [0.25, 0.3) is 0 Å². The van der Waals surface area contributed by atoms with Gasteiger partial charge in [-0.15, -0.1) is 0 Å². The van der Waals surface area contributed by atoms with Crippen molar-refractivity contribution in [2.24, 2.45) is 11.7 Å². The van der Waals surface area contributed by atoms with Crippen molar-refractivity contribution in [3.8, 4) is 0 Å². The molecule has 0 saturated heterocycles. The van der Waals surface area contributed by atoms with Gasteiger partial charge in [-0.3, -0.25) is 0 Å². The molecule has 0 unspecified atom stereocenters. The zero-order chi connectivity index (χ0) is 9.42. The monoisotopic (exact) mass is 195 g/mol. The maximum atomic E-state index is 5.83. The molecular formula is C11H14ClN. The fourth-order valence-electron chi connectivity index (χ4n) is 1.89. The molecule has 2 rings (SSSR count). The Balaban J connectivity index is 2.08. The lowest BCUT2D eigenvalue weighted by Gasteiger charge is -2.03. The lowest BCUT2D eigenvalue weighted by molar-refractivity contribution is 0.631. The van der Waals surface area contributed by atoms with Gasteiger partial charge in [-0.1, -0.05) is 23.7 Å². The van der Waals surface area contributed by atoms with Gasteiger partial charge in [-0.05, 0) is 42.9 Å². The fraction of sp³-hybridized carbons (Fsp3) is 0.455. The molecule has 1 fully saturated rings. The second-order valence-electron chi connectivity index (χ2n) is 3.92. The van der Waals surface area contributed by atoms with Crippen LogP contribution in [-0.2, 0) is 0 Å². The molecule has 2 N–H and O–H groups in total. The van der Waals surface area contributed by atoms with E-state index in [1.54, 1.807) is 0 Å². The van der Waals surface area contributed by atoms with Gasteiger partial charge < -0.3 is 5.73 Å². The van der Waals surface area contributed by atoms with Gasteiger partial charge in [0.25, 0.3) is 0 Å². The van der Waals surface area contributed by atoms with Crippen molar-refractivity contribution in [1.29, 1.82) is 0 Å². The van der Waals surface area contributed by atoms with E-state index in [2.05, 4.69) is 19.1 Å². The summed E-state index contributed by atoms with van der Waals surface area (Å²) in [5.41, 5.74) is 7.21. The van der Waals surface area contributed by atoms with E-state index in [0.29, 0.717) is 17.9 Å². The van der Waals surface area contributed by atoms with E-state index in [1.165, 1.54) is 12.0 Å². The third-order valence-corrected chi connectivity index (χ3v) is 3.07. The summed E-state index contributed by atoms with van der Waals surface area (Å²) in [5, 5.41) is 0.807. The fourth-order valence-corrected chi connectivity index (χ4v) is 2.01. The summed E-state index contributed by atoms with van der Waals surface area (Å²) in [7, 11) is 0. The Bertz CT molecular complexity index is 291. The summed E-state index contributed by atoms with van der Waals surface area (Å²) in [6.07, 6.45) is 1.24. The van der Waals surface area contributed by atoms with E-state index in [1.807, 2.05) is 12.1 Å².